The number of carbonyl (C=O) groups is 1. The van der Waals surface area contributed by atoms with Crippen molar-refractivity contribution >= 4 is 16.9 Å². The van der Waals surface area contributed by atoms with Gasteiger partial charge in [0.2, 0.25) is 0 Å². The Balaban J connectivity index is 1.42. The summed E-state index contributed by atoms with van der Waals surface area (Å²) in [7, 11) is 0. The van der Waals surface area contributed by atoms with Gasteiger partial charge in [0.25, 0.3) is 5.91 Å². The fourth-order valence-electron chi connectivity index (χ4n) is 4.16. The molecule has 0 spiro atoms. The summed E-state index contributed by atoms with van der Waals surface area (Å²) in [4.78, 5) is 24.7. The highest BCUT2D eigenvalue weighted by molar-refractivity contribution is 6.07. The van der Waals surface area contributed by atoms with E-state index in [4.69, 9.17) is 4.98 Å². The van der Waals surface area contributed by atoms with E-state index in [1.165, 1.54) is 0 Å². The molecule has 1 aliphatic carbocycles. The van der Waals surface area contributed by atoms with E-state index >= 15 is 0 Å². The van der Waals surface area contributed by atoms with Gasteiger partial charge in [-0.25, -0.2) is 9.97 Å². The zero-order valence-electron chi connectivity index (χ0n) is 16.6. The van der Waals surface area contributed by atoms with E-state index in [2.05, 4.69) is 15.2 Å². The highest BCUT2D eigenvalue weighted by Crippen LogP contribution is 2.41. The van der Waals surface area contributed by atoms with Crippen LogP contribution < -0.4 is 0 Å². The molecule has 4 aromatic heterocycles. The molecule has 5 heterocycles. The molecule has 150 valence electrons. The van der Waals surface area contributed by atoms with Crippen LogP contribution in [-0.2, 0) is 0 Å². The van der Waals surface area contributed by atoms with Crippen LogP contribution in [0.3, 0.4) is 0 Å². The van der Waals surface area contributed by atoms with Crippen molar-refractivity contribution in [3.05, 3.63) is 65.9 Å². The SMILES string of the molecule is Cc1nn(-c2ccccn2)c2nc(C3CC3)cc(C(=O)N3CC(n4cccn4)C3)c12. The Bertz CT molecular complexity index is 1240. The van der Waals surface area contributed by atoms with Gasteiger partial charge in [0.05, 0.1) is 22.7 Å². The molecule has 30 heavy (non-hydrogen) atoms. The average Bonchev–Trinajstić information content (AvgIpc) is 3.35. The lowest BCUT2D eigenvalue weighted by Crippen LogP contribution is -2.50. The number of pyridine rings is 2. The van der Waals surface area contributed by atoms with Gasteiger partial charge in [0.15, 0.2) is 11.5 Å². The third-order valence-corrected chi connectivity index (χ3v) is 5.97. The number of aromatic nitrogens is 6. The first kappa shape index (κ1) is 17.3. The Kier molecular flexibility index (Phi) is 3.74. The summed E-state index contributed by atoms with van der Waals surface area (Å²) in [5.74, 6) is 1.18. The maximum absolute atomic E-state index is 13.5. The molecule has 0 unspecified atom stereocenters. The minimum absolute atomic E-state index is 0.0383. The molecule has 1 saturated carbocycles. The number of likely N-dealkylation sites (tertiary alicyclic amines) is 1. The lowest BCUT2D eigenvalue weighted by atomic mass is 10.0. The van der Waals surface area contributed by atoms with Crippen molar-refractivity contribution in [2.45, 2.75) is 31.7 Å². The number of rotatable bonds is 4. The summed E-state index contributed by atoms with van der Waals surface area (Å²) in [6.45, 7) is 3.26. The van der Waals surface area contributed by atoms with E-state index in [9.17, 15) is 4.79 Å². The first-order chi connectivity index (χ1) is 14.7. The van der Waals surface area contributed by atoms with Crippen LogP contribution in [0, 0.1) is 6.92 Å². The minimum Gasteiger partial charge on any atom is -0.334 e. The summed E-state index contributed by atoms with van der Waals surface area (Å²) in [6.07, 6.45) is 7.70. The molecular formula is C22H21N7O. The van der Waals surface area contributed by atoms with Gasteiger partial charge in [-0.1, -0.05) is 6.07 Å². The molecule has 2 fully saturated rings. The molecule has 4 aromatic rings. The molecule has 0 radical (unpaired) electrons. The number of nitrogens with zero attached hydrogens (tertiary/aromatic N) is 7. The monoisotopic (exact) mass is 399 g/mol. The normalized spacial score (nSPS) is 16.8. The van der Waals surface area contributed by atoms with Crippen LogP contribution in [0.15, 0.2) is 48.9 Å². The van der Waals surface area contributed by atoms with Crippen molar-refractivity contribution in [2.24, 2.45) is 0 Å². The maximum Gasteiger partial charge on any atom is 0.254 e. The van der Waals surface area contributed by atoms with E-state index in [0.717, 1.165) is 29.6 Å². The first-order valence-electron chi connectivity index (χ1n) is 10.3. The molecule has 6 rings (SSSR count). The van der Waals surface area contributed by atoms with E-state index in [1.54, 1.807) is 17.1 Å². The number of hydrogen-bond acceptors (Lipinski definition) is 5. The lowest BCUT2D eigenvalue weighted by Gasteiger charge is -2.39. The summed E-state index contributed by atoms with van der Waals surface area (Å²) in [5.41, 5.74) is 3.17. The zero-order valence-corrected chi connectivity index (χ0v) is 16.6. The van der Waals surface area contributed by atoms with Crippen molar-refractivity contribution in [3.8, 4) is 5.82 Å². The zero-order chi connectivity index (χ0) is 20.2. The minimum atomic E-state index is 0.0383. The summed E-state index contributed by atoms with van der Waals surface area (Å²) >= 11 is 0. The molecule has 8 heteroatoms. The molecule has 1 saturated heterocycles. The third kappa shape index (κ3) is 2.71. The second kappa shape index (κ2) is 6.48. The maximum atomic E-state index is 13.5. The smallest absolute Gasteiger partial charge is 0.254 e. The molecule has 8 nitrogen and oxygen atoms in total. The van der Waals surface area contributed by atoms with Crippen molar-refractivity contribution in [1.82, 2.24) is 34.4 Å². The number of amides is 1. The van der Waals surface area contributed by atoms with E-state index < -0.39 is 0 Å². The highest BCUT2D eigenvalue weighted by Gasteiger charge is 2.35. The molecular weight excluding hydrogens is 378 g/mol. The predicted molar refractivity (Wildman–Crippen MR) is 111 cm³/mol. The van der Waals surface area contributed by atoms with E-state index in [-0.39, 0.29) is 11.9 Å². The fourth-order valence-corrected chi connectivity index (χ4v) is 4.16. The van der Waals surface area contributed by atoms with Gasteiger partial charge in [0, 0.05) is 43.3 Å². The Hall–Kier alpha value is -3.55. The molecule has 0 aromatic carbocycles. The highest BCUT2D eigenvalue weighted by atomic mass is 16.2. The van der Waals surface area contributed by atoms with Gasteiger partial charge in [-0.15, -0.1) is 0 Å². The van der Waals surface area contributed by atoms with Crippen LogP contribution in [0.25, 0.3) is 16.9 Å². The van der Waals surface area contributed by atoms with Gasteiger partial charge < -0.3 is 4.90 Å². The van der Waals surface area contributed by atoms with Crippen molar-refractivity contribution in [1.29, 1.82) is 0 Å². The Morgan fingerprint density at radius 1 is 1.13 bits per heavy atom. The summed E-state index contributed by atoms with van der Waals surface area (Å²) in [5, 5.41) is 9.81. The Morgan fingerprint density at radius 2 is 2.00 bits per heavy atom. The number of fused-ring (bicyclic) bond motifs is 1. The molecule has 0 bridgehead atoms. The van der Waals surface area contributed by atoms with Crippen molar-refractivity contribution in [3.63, 3.8) is 0 Å². The van der Waals surface area contributed by atoms with Gasteiger partial charge in [-0.05, 0) is 44.0 Å². The van der Waals surface area contributed by atoms with Gasteiger partial charge in [-0.2, -0.15) is 14.9 Å². The number of hydrogen-bond donors (Lipinski definition) is 0. The Labute approximate surface area is 173 Å². The largest absolute Gasteiger partial charge is 0.334 e. The first-order valence-corrected chi connectivity index (χ1v) is 10.3. The predicted octanol–water partition coefficient (Wildman–Crippen LogP) is 2.89. The lowest BCUT2D eigenvalue weighted by molar-refractivity contribution is 0.0503. The van der Waals surface area contributed by atoms with Gasteiger partial charge in [-0.3, -0.25) is 9.48 Å². The third-order valence-electron chi connectivity index (χ3n) is 5.97. The molecule has 1 amide bonds. The van der Waals surface area contributed by atoms with Crippen molar-refractivity contribution < 1.29 is 4.79 Å². The Morgan fingerprint density at radius 3 is 2.70 bits per heavy atom. The van der Waals surface area contributed by atoms with Gasteiger partial charge in [0.1, 0.15) is 0 Å². The second-order valence-electron chi connectivity index (χ2n) is 8.10. The van der Waals surface area contributed by atoms with Gasteiger partial charge >= 0.3 is 0 Å². The standard InChI is InChI=1S/C22H21N7O/c1-14-20-17(22(30)27-12-16(13-27)28-10-4-9-24-28)11-18(15-6-7-15)25-21(20)29(26-14)19-5-2-3-8-23-19/h2-5,8-11,15-16H,6-7,12-13H2,1H3. The van der Waals surface area contributed by atoms with Crippen molar-refractivity contribution in [2.75, 3.05) is 13.1 Å². The van der Waals surface area contributed by atoms with Crippen LogP contribution in [0.4, 0.5) is 0 Å². The topological polar surface area (TPSA) is 81.7 Å². The molecule has 1 aliphatic heterocycles. The molecule has 2 aliphatic rings. The van der Waals surface area contributed by atoms with E-state index in [1.807, 2.05) is 53.0 Å². The van der Waals surface area contributed by atoms with Crippen LogP contribution >= 0.6 is 0 Å². The summed E-state index contributed by atoms with van der Waals surface area (Å²) < 4.78 is 3.68. The van der Waals surface area contributed by atoms with E-state index in [0.29, 0.717) is 36.0 Å². The second-order valence-corrected chi connectivity index (χ2v) is 8.10. The molecule has 0 N–H and O–H groups in total. The summed E-state index contributed by atoms with van der Waals surface area (Å²) in [6, 6.07) is 9.84. The van der Waals surface area contributed by atoms with Crippen LogP contribution in [0.2, 0.25) is 0 Å². The number of aryl methyl sites for hydroxylation is 1. The number of carbonyl (C=O) groups excluding carboxylic acids is 1. The molecule has 0 atom stereocenters. The van der Waals surface area contributed by atoms with Crippen LogP contribution in [0.5, 0.6) is 0 Å². The average molecular weight is 399 g/mol. The van der Waals surface area contributed by atoms with Crippen LogP contribution in [0.1, 0.15) is 46.5 Å². The fraction of sp³-hybridized carbons (Fsp3) is 0.318. The quantitative estimate of drug-likeness (QED) is 0.527. The van der Waals surface area contributed by atoms with Crippen LogP contribution in [-0.4, -0.2) is 53.4 Å².